The van der Waals surface area contributed by atoms with Crippen LogP contribution in [0.3, 0.4) is 0 Å². The van der Waals surface area contributed by atoms with Crippen molar-refractivity contribution in [1.29, 1.82) is 0 Å². The van der Waals surface area contributed by atoms with Gasteiger partial charge in [0.05, 0.1) is 0 Å². The van der Waals surface area contributed by atoms with E-state index in [2.05, 4.69) is 28.2 Å². The maximum Gasteiger partial charge on any atom is 0.0492 e. The van der Waals surface area contributed by atoms with Crippen molar-refractivity contribution in [3.8, 4) is 0 Å². The first-order chi connectivity index (χ1) is 7.36. The summed E-state index contributed by atoms with van der Waals surface area (Å²) in [4.78, 5) is 0. The zero-order valence-electron chi connectivity index (χ0n) is 9.28. The van der Waals surface area contributed by atoms with Crippen LogP contribution in [-0.4, -0.2) is 34.4 Å². The zero-order chi connectivity index (χ0) is 10.5. The molecule has 0 aliphatic carbocycles. The molecule has 1 aromatic heterocycles. The van der Waals surface area contributed by atoms with E-state index in [1.54, 1.807) is 0 Å². The number of hydrogen-bond acceptors (Lipinski definition) is 3. The second-order valence-electron chi connectivity index (χ2n) is 4.13. The molecule has 0 radical (unpaired) electrons. The molecule has 84 valence electrons. The second-order valence-corrected chi connectivity index (χ2v) is 5.28. The molecule has 1 aromatic rings. The van der Waals surface area contributed by atoms with E-state index in [1.807, 2.05) is 17.9 Å². The molecule has 2 heterocycles. The number of aromatic nitrogens is 2. The number of hydrogen-bond donors (Lipinski definition) is 1. The highest BCUT2D eigenvalue weighted by atomic mass is 32.2. The van der Waals surface area contributed by atoms with E-state index in [4.69, 9.17) is 0 Å². The fraction of sp³-hybridized carbons (Fsp3) is 0.727. The Morgan fingerprint density at radius 2 is 2.60 bits per heavy atom. The highest BCUT2D eigenvalue weighted by Gasteiger charge is 2.14. The van der Waals surface area contributed by atoms with Crippen LogP contribution in [0.15, 0.2) is 12.3 Å². The summed E-state index contributed by atoms with van der Waals surface area (Å²) in [5.41, 5.74) is 1.31. The monoisotopic (exact) mass is 225 g/mol. The lowest BCUT2D eigenvalue weighted by Crippen LogP contribution is -2.25. The average molecular weight is 225 g/mol. The molecule has 1 atom stereocenters. The van der Waals surface area contributed by atoms with E-state index in [0.29, 0.717) is 0 Å². The first kappa shape index (κ1) is 11.0. The van der Waals surface area contributed by atoms with Crippen LogP contribution >= 0.6 is 11.8 Å². The van der Waals surface area contributed by atoms with Gasteiger partial charge in [-0.1, -0.05) is 0 Å². The molecule has 1 aliphatic heterocycles. The lowest BCUT2D eigenvalue weighted by molar-refractivity contribution is 0.521. The van der Waals surface area contributed by atoms with Crippen LogP contribution in [0, 0.1) is 5.92 Å². The molecule has 0 saturated carbocycles. The molecule has 1 aliphatic rings. The Hall–Kier alpha value is -0.480. The van der Waals surface area contributed by atoms with E-state index >= 15 is 0 Å². The van der Waals surface area contributed by atoms with Crippen molar-refractivity contribution in [2.75, 3.05) is 24.6 Å². The Labute approximate surface area is 95.6 Å². The number of rotatable bonds is 5. The summed E-state index contributed by atoms with van der Waals surface area (Å²) < 4.78 is 1.95. The van der Waals surface area contributed by atoms with Crippen molar-refractivity contribution < 1.29 is 0 Å². The van der Waals surface area contributed by atoms with Gasteiger partial charge in [0.2, 0.25) is 0 Å². The Balaban J connectivity index is 1.60. The van der Waals surface area contributed by atoms with Gasteiger partial charge in [0, 0.05) is 31.9 Å². The number of thioether (sulfide) groups is 1. The van der Waals surface area contributed by atoms with Gasteiger partial charge in [-0.15, -0.1) is 0 Å². The van der Waals surface area contributed by atoms with Gasteiger partial charge in [0.15, 0.2) is 0 Å². The van der Waals surface area contributed by atoms with Gasteiger partial charge in [0.25, 0.3) is 0 Å². The lowest BCUT2D eigenvalue weighted by atomic mass is 10.1. The second kappa shape index (κ2) is 5.56. The fourth-order valence-corrected chi connectivity index (χ4v) is 3.20. The van der Waals surface area contributed by atoms with Crippen molar-refractivity contribution in [2.45, 2.75) is 12.8 Å². The summed E-state index contributed by atoms with van der Waals surface area (Å²) in [6.45, 7) is 2.26. The molecule has 1 unspecified atom stereocenters. The van der Waals surface area contributed by atoms with Gasteiger partial charge in [-0.05, 0) is 36.5 Å². The van der Waals surface area contributed by atoms with Crippen molar-refractivity contribution in [2.24, 2.45) is 13.0 Å². The van der Waals surface area contributed by atoms with Crippen molar-refractivity contribution in [3.05, 3.63) is 18.0 Å². The highest BCUT2D eigenvalue weighted by molar-refractivity contribution is 7.99. The van der Waals surface area contributed by atoms with Gasteiger partial charge in [-0.3, -0.25) is 4.68 Å². The highest BCUT2D eigenvalue weighted by Crippen LogP contribution is 2.22. The zero-order valence-corrected chi connectivity index (χ0v) is 10.1. The first-order valence-electron chi connectivity index (χ1n) is 5.61. The molecule has 15 heavy (non-hydrogen) atoms. The normalized spacial score (nSPS) is 21.0. The van der Waals surface area contributed by atoms with Crippen LogP contribution in [0.1, 0.15) is 12.1 Å². The fourth-order valence-electron chi connectivity index (χ4n) is 1.91. The summed E-state index contributed by atoms with van der Waals surface area (Å²) in [7, 11) is 2.00. The minimum Gasteiger partial charge on any atom is -0.316 e. The minimum absolute atomic E-state index is 0.904. The molecule has 3 nitrogen and oxygen atoms in total. The summed E-state index contributed by atoms with van der Waals surface area (Å²) in [6, 6.07) is 2.09. The standard InChI is InChI=1S/C11H19N3S/c1-14-11(3-6-13-14)2-5-12-8-10-4-7-15-9-10/h3,6,10,12H,2,4-5,7-9H2,1H3. The molecule has 1 fully saturated rings. The smallest absolute Gasteiger partial charge is 0.0492 e. The van der Waals surface area contributed by atoms with Crippen LogP contribution in [0.4, 0.5) is 0 Å². The Morgan fingerprint density at radius 3 is 3.27 bits per heavy atom. The third-order valence-electron chi connectivity index (χ3n) is 2.94. The van der Waals surface area contributed by atoms with Gasteiger partial charge in [-0.2, -0.15) is 16.9 Å². The van der Waals surface area contributed by atoms with Crippen molar-refractivity contribution >= 4 is 11.8 Å². The maximum absolute atomic E-state index is 4.16. The third-order valence-corrected chi connectivity index (χ3v) is 4.17. The molecule has 0 spiro atoms. The summed E-state index contributed by atoms with van der Waals surface area (Å²) in [6.07, 6.45) is 4.34. The molecular formula is C11H19N3S. The Kier molecular flexibility index (Phi) is 4.09. The topological polar surface area (TPSA) is 29.9 Å². The van der Waals surface area contributed by atoms with Crippen molar-refractivity contribution in [1.82, 2.24) is 15.1 Å². The summed E-state index contributed by atoms with van der Waals surface area (Å²) >= 11 is 2.09. The third kappa shape index (κ3) is 3.24. The minimum atomic E-state index is 0.904. The number of nitrogens with zero attached hydrogens (tertiary/aromatic N) is 2. The van der Waals surface area contributed by atoms with Crippen molar-refractivity contribution in [3.63, 3.8) is 0 Å². The number of nitrogens with one attached hydrogen (secondary N) is 1. The van der Waals surface area contributed by atoms with E-state index < -0.39 is 0 Å². The van der Waals surface area contributed by atoms with Gasteiger partial charge < -0.3 is 5.32 Å². The van der Waals surface area contributed by atoms with Gasteiger partial charge in [0.1, 0.15) is 0 Å². The van der Waals surface area contributed by atoms with E-state index in [0.717, 1.165) is 18.9 Å². The molecule has 4 heteroatoms. The molecule has 0 aromatic carbocycles. The maximum atomic E-state index is 4.16. The van der Waals surface area contributed by atoms with Crippen LogP contribution in [0.2, 0.25) is 0 Å². The Bertz CT molecular complexity index is 292. The molecule has 0 amide bonds. The molecule has 1 saturated heterocycles. The summed E-state index contributed by atoms with van der Waals surface area (Å²) in [5.74, 6) is 3.61. The van der Waals surface area contributed by atoms with E-state index in [-0.39, 0.29) is 0 Å². The van der Waals surface area contributed by atoms with Crippen LogP contribution in [-0.2, 0) is 13.5 Å². The van der Waals surface area contributed by atoms with E-state index in [1.165, 1.54) is 30.2 Å². The SMILES string of the molecule is Cn1nccc1CCNCC1CCSC1. The lowest BCUT2D eigenvalue weighted by Gasteiger charge is -2.09. The summed E-state index contributed by atoms with van der Waals surface area (Å²) in [5, 5.41) is 7.70. The Morgan fingerprint density at radius 1 is 1.67 bits per heavy atom. The molecule has 0 bridgehead atoms. The van der Waals surface area contributed by atoms with Crippen LogP contribution in [0.5, 0.6) is 0 Å². The van der Waals surface area contributed by atoms with Crippen LogP contribution in [0.25, 0.3) is 0 Å². The first-order valence-corrected chi connectivity index (χ1v) is 6.77. The number of aryl methyl sites for hydroxylation is 1. The molecule has 2 rings (SSSR count). The largest absolute Gasteiger partial charge is 0.316 e. The van der Waals surface area contributed by atoms with Gasteiger partial charge >= 0.3 is 0 Å². The van der Waals surface area contributed by atoms with E-state index in [9.17, 15) is 0 Å². The quantitative estimate of drug-likeness (QED) is 0.766. The van der Waals surface area contributed by atoms with Crippen LogP contribution < -0.4 is 5.32 Å². The predicted octanol–water partition coefficient (Wildman–Crippen LogP) is 1.31. The average Bonchev–Trinajstić information content (AvgIpc) is 2.85. The van der Waals surface area contributed by atoms with Gasteiger partial charge in [-0.25, -0.2) is 0 Å². The molecule has 1 N–H and O–H groups in total. The molecular weight excluding hydrogens is 206 g/mol. The predicted molar refractivity (Wildman–Crippen MR) is 65.2 cm³/mol.